The number of unbranched alkanes of at least 4 members (excludes halogenated alkanes) is 2. The zero-order chi connectivity index (χ0) is 26.6. The van der Waals surface area contributed by atoms with Gasteiger partial charge in [-0.25, -0.2) is 4.98 Å². The molecule has 0 bridgehead atoms. The van der Waals surface area contributed by atoms with Crippen LogP contribution in [0.15, 0.2) is 78.0 Å². The van der Waals surface area contributed by atoms with Crippen LogP contribution in [0.4, 0.5) is 0 Å². The van der Waals surface area contributed by atoms with E-state index in [4.69, 9.17) is 14.5 Å². The van der Waals surface area contributed by atoms with E-state index >= 15 is 0 Å². The maximum Gasteiger partial charge on any atom is 0.219 e. The first-order valence-electron chi connectivity index (χ1n) is 13.3. The Morgan fingerprint density at radius 2 is 1.76 bits per heavy atom. The summed E-state index contributed by atoms with van der Waals surface area (Å²) >= 11 is 1.74. The van der Waals surface area contributed by atoms with Crippen LogP contribution < -0.4 is 10.1 Å². The Bertz CT molecular complexity index is 1290. The molecule has 0 fully saturated rings. The molecule has 0 aliphatic rings. The molecule has 0 saturated carbocycles. The number of rotatable bonds is 15. The summed E-state index contributed by atoms with van der Waals surface area (Å²) in [6, 6.07) is 25.1. The SMILES string of the molecule is COCCCNC(=O)CCCCCOc1ccc2nc(SCc3ccccc3)n(-c3ccc(C)cc3)c2c1. The topological polar surface area (TPSA) is 65.4 Å². The van der Waals surface area contributed by atoms with E-state index < -0.39 is 0 Å². The number of imidazole rings is 1. The number of carbonyl (C=O) groups is 1. The Morgan fingerprint density at radius 1 is 0.947 bits per heavy atom. The summed E-state index contributed by atoms with van der Waals surface area (Å²) in [6.45, 7) is 4.06. The summed E-state index contributed by atoms with van der Waals surface area (Å²) in [5.74, 6) is 1.80. The fourth-order valence-corrected chi connectivity index (χ4v) is 5.16. The van der Waals surface area contributed by atoms with Gasteiger partial charge in [-0.15, -0.1) is 0 Å². The van der Waals surface area contributed by atoms with Gasteiger partial charge in [-0.2, -0.15) is 0 Å². The minimum atomic E-state index is 0.109. The van der Waals surface area contributed by atoms with Crippen molar-refractivity contribution < 1.29 is 14.3 Å². The molecule has 3 aromatic carbocycles. The lowest BCUT2D eigenvalue weighted by Crippen LogP contribution is -2.24. The summed E-state index contributed by atoms with van der Waals surface area (Å²) in [5.41, 5.74) is 5.57. The van der Waals surface area contributed by atoms with Gasteiger partial charge in [-0.05, 0) is 62.4 Å². The number of hydrogen-bond acceptors (Lipinski definition) is 5. The van der Waals surface area contributed by atoms with Crippen molar-refractivity contribution in [2.24, 2.45) is 0 Å². The van der Waals surface area contributed by atoms with Crippen LogP contribution >= 0.6 is 11.8 Å². The van der Waals surface area contributed by atoms with E-state index in [0.29, 0.717) is 26.2 Å². The molecule has 7 heteroatoms. The molecular formula is C31H37N3O3S. The average Bonchev–Trinajstić information content (AvgIpc) is 3.30. The highest BCUT2D eigenvalue weighted by Gasteiger charge is 2.14. The van der Waals surface area contributed by atoms with Gasteiger partial charge in [0.2, 0.25) is 5.91 Å². The van der Waals surface area contributed by atoms with Gasteiger partial charge in [0.1, 0.15) is 5.75 Å². The van der Waals surface area contributed by atoms with Crippen LogP contribution in [0.25, 0.3) is 16.7 Å². The molecule has 200 valence electrons. The number of ether oxygens (including phenoxy) is 2. The first kappa shape index (κ1) is 27.7. The number of benzene rings is 3. The number of carbonyl (C=O) groups excluding carboxylic acids is 1. The number of aromatic nitrogens is 2. The minimum Gasteiger partial charge on any atom is -0.494 e. The number of methoxy groups -OCH3 is 1. The number of thioether (sulfide) groups is 1. The molecule has 1 heterocycles. The standard InChI is InChI=1S/C31H37N3O3S/c1-24-13-15-26(16-14-24)34-29-22-27(37-21-8-4-7-12-30(35)32-19-9-20-36-2)17-18-28(29)33-31(34)38-23-25-10-5-3-6-11-25/h3,5-6,10-11,13-18,22H,4,7-9,12,19-21,23H2,1-2H3,(H,32,35). The van der Waals surface area contributed by atoms with Gasteiger partial charge < -0.3 is 14.8 Å². The maximum absolute atomic E-state index is 11.9. The second-order valence-electron chi connectivity index (χ2n) is 9.35. The number of fused-ring (bicyclic) bond motifs is 1. The highest BCUT2D eigenvalue weighted by Crippen LogP contribution is 2.32. The van der Waals surface area contributed by atoms with Crippen molar-refractivity contribution in [3.63, 3.8) is 0 Å². The van der Waals surface area contributed by atoms with E-state index in [-0.39, 0.29) is 5.91 Å². The highest BCUT2D eigenvalue weighted by molar-refractivity contribution is 7.98. The summed E-state index contributed by atoms with van der Waals surface area (Å²) in [4.78, 5) is 16.9. The van der Waals surface area contributed by atoms with Crippen LogP contribution in [0.1, 0.15) is 43.2 Å². The fourth-order valence-electron chi connectivity index (χ4n) is 4.17. The molecular weight excluding hydrogens is 494 g/mol. The number of aryl methyl sites for hydroxylation is 1. The lowest BCUT2D eigenvalue weighted by molar-refractivity contribution is -0.121. The molecule has 4 rings (SSSR count). The predicted molar refractivity (Wildman–Crippen MR) is 155 cm³/mol. The third kappa shape index (κ3) is 8.10. The van der Waals surface area contributed by atoms with E-state index in [2.05, 4.69) is 71.4 Å². The zero-order valence-corrected chi connectivity index (χ0v) is 23.1. The van der Waals surface area contributed by atoms with Crippen molar-refractivity contribution in [1.29, 1.82) is 0 Å². The average molecular weight is 532 g/mol. The minimum absolute atomic E-state index is 0.109. The Morgan fingerprint density at radius 3 is 2.55 bits per heavy atom. The summed E-state index contributed by atoms with van der Waals surface area (Å²) < 4.78 is 13.3. The Kier molecular flexibility index (Phi) is 10.7. The van der Waals surface area contributed by atoms with E-state index in [1.165, 1.54) is 11.1 Å². The molecule has 0 radical (unpaired) electrons. The molecule has 0 unspecified atom stereocenters. The number of nitrogens with zero attached hydrogens (tertiary/aromatic N) is 2. The molecule has 1 amide bonds. The van der Waals surface area contributed by atoms with Gasteiger partial charge in [0.15, 0.2) is 5.16 Å². The van der Waals surface area contributed by atoms with E-state index in [1.807, 2.05) is 18.2 Å². The van der Waals surface area contributed by atoms with Crippen LogP contribution in [-0.2, 0) is 15.3 Å². The van der Waals surface area contributed by atoms with E-state index in [0.717, 1.165) is 59.1 Å². The van der Waals surface area contributed by atoms with Gasteiger partial charge in [0, 0.05) is 44.2 Å². The van der Waals surface area contributed by atoms with Crippen LogP contribution in [-0.4, -0.2) is 42.3 Å². The van der Waals surface area contributed by atoms with Crippen LogP contribution in [0.5, 0.6) is 5.75 Å². The molecule has 1 aromatic heterocycles. The molecule has 0 aliphatic carbocycles. The second-order valence-corrected chi connectivity index (χ2v) is 10.3. The second kappa shape index (κ2) is 14.6. The van der Waals surface area contributed by atoms with Crippen molar-refractivity contribution in [2.75, 3.05) is 26.9 Å². The molecule has 1 N–H and O–H groups in total. The predicted octanol–water partition coefficient (Wildman–Crippen LogP) is 6.72. The molecule has 0 aliphatic heterocycles. The highest BCUT2D eigenvalue weighted by atomic mass is 32.2. The van der Waals surface area contributed by atoms with Gasteiger partial charge in [0.25, 0.3) is 0 Å². The quantitative estimate of drug-likeness (QED) is 0.136. The molecule has 0 saturated heterocycles. The molecule has 6 nitrogen and oxygen atoms in total. The van der Waals surface area contributed by atoms with Crippen LogP contribution in [0.3, 0.4) is 0 Å². The Balaban J connectivity index is 1.37. The van der Waals surface area contributed by atoms with Crippen molar-refractivity contribution in [1.82, 2.24) is 14.9 Å². The smallest absolute Gasteiger partial charge is 0.219 e. The first-order valence-corrected chi connectivity index (χ1v) is 14.3. The molecule has 4 aromatic rings. The van der Waals surface area contributed by atoms with E-state index in [9.17, 15) is 4.79 Å². The van der Waals surface area contributed by atoms with Gasteiger partial charge in [-0.1, -0.05) is 59.8 Å². The normalized spacial score (nSPS) is 11.1. The first-order chi connectivity index (χ1) is 18.6. The summed E-state index contributed by atoms with van der Waals surface area (Å²) in [5, 5.41) is 3.90. The Labute approximate surface area is 229 Å². The number of amides is 1. The van der Waals surface area contributed by atoms with Crippen molar-refractivity contribution in [3.8, 4) is 11.4 Å². The molecule has 0 spiro atoms. The zero-order valence-electron chi connectivity index (χ0n) is 22.3. The lowest BCUT2D eigenvalue weighted by atomic mass is 10.2. The Hall–Kier alpha value is -3.29. The third-order valence-corrected chi connectivity index (χ3v) is 7.27. The monoisotopic (exact) mass is 531 g/mol. The maximum atomic E-state index is 11.9. The van der Waals surface area contributed by atoms with Crippen LogP contribution in [0.2, 0.25) is 0 Å². The third-order valence-electron chi connectivity index (χ3n) is 6.26. The van der Waals surface area contributed by atoms with Crippen molar-refractivity contribution in [2.45, 2.75) is 49.9 Å². The lowest BCUT2D eigenvalue weighted by Gasteiger charge is -2.11. The number of hydrogen-bond donors (Lipinski definition) is 1. The van der Waals surface area contributed by atoms with E-state index in [1.54, 1.807) is 18.9 Å². The van der Waals surface area contributed by atoms with Gasteiger partial charge >= 0.3 is 0 Å². The fraction of sp³-hybridized carbons (Fsp3) is 0.355. The summed E-state index contributed by atoms with van der Waals surface area (Å²) in [7, 11) is 1.67. The summed E-state index contributed by atoms with van der Waals surface area (Å²) in [6.07, 6.45) is 4.12. The van der Waals surface area contributed by atoms with Crippen LogP contribution in [0, 0.1) is 6.92 Å². The molecule has 0 atom stereocenters. The largest absolute Gasteiger partial charge is 0.494 e. The molecule has 38 heavy (non-hydrogen) atoms. The van der Waals surface area contributed by atoms with Gasteiger partial charge in [-0.3, -0.25) is 9.36 Å². The van der Waals surface area contributed by atoms with Gasteiger partial charge in [0.05, 0.1) is 17.6 Å². The van der Waals surface area contributed by atoms with Crippen molar-refractivity contribution >= 4 is 28.7 Å². The number of nitrogens with one attached hydrogen (secondary N) is 1. The van der Waals surface area contributed by atoms with Crippen molar-refractivity contribution in [3.05, 3.63) is 83.9 Å².